The molecule has 1 N–H and O–H groups in total. The van der Waals surface area contributed by atoms with E-state index in [4.69, 9.17) is 11.6 Å². The highest BCUT2D eigenvalue weighted by molar-refractivity contribution is 8.03. The lowest BCUT2D eigenvalue weighted by Gasteiger charge is -2.34. The number of hydrogen-bond donors (Lipinski definition) is 1. The van der Waals surface area contributed by atoms with E-state index in [9.17, 15) is 20.1 Å². The van der Waals surface area contributed by atoms with Crippen LogP contribution >= 0.6 is 23.4 Å². The molecule has 0 bridgehead atoms. The molecule has 0 fully saturated rings. The normalized spacial score (nSPS) is 18.3. The van der Waals surface area contributed by atoms with Crippen molar-refractivity contribution in [1.82, 2.24) is 10.2 Å². The van der Waals surface area contributed by atoms with Gasteiger partial charge in [0.05, 0.1) is 28.5 Å². The third kappa shape index (κ3) is 4.63. The molecule has 0 spiro atoms. The SMILES string of the molecule is CN(Cc1ccc(Cl)cc1)C(=O)CSC1=C(C#N)C(C)(C)[C@H](C#N)C(=O)N1. The molecule has 0 radical (unpaired) electrons. The molecule has 1 aliphatic rings. The summed E-state index contributed by atoms with van der Waals surface area (Å²) >= 11 is 6.96. The molecule has 0 aliphatic carbocycles. The van der Waals surface area contributed by atoms with Crippen molar-refractivity contribution in [3.8, 4) is 12.1 Å². The molecule has 2 rings (SSSR count). The van der Waals surface area contributed by atoms with Crippen molar-refractivity contribution < 1.29 is 9.59 Å². The number of carbonyl (C=O) groups is 2. The molecule has 0 saturated heterocycles. The fourth-order valence-corrected chi connectivity index (χ4v) is 3.97. The molecule has 27 heavy (non-hydrogen) atoms. The van der Waals surface area contributed by atoms with E-state index < -0.39 is 17.2 Å². The third-order valence-electron chi connectivity index (χ3n) is 4.43. The third-order valence-corrected chi connectivity index (χ3v) is 5.67. The maximum absolute atomic E-state index is 12.4. The Labute approximate surface area is 167 Å². The molecule has 8 heteroatoms. The van der Waals surface area contributed by atoms with Crippen LogP contribution in [0.1, 0.15) is 19.4 Å². The highest BCUT2D eigenvalue weighted by Crippen LogP contribution is 2.41. The number of allylic oxidation sites excluding steroid dienone is 1. The fraction of sp³-hybridized carbons (Fsp3) is 0.368. The Morgan fingerprint density at radius 3 is 2.52 bits per heavy atom. The van der Waals surface area contributed by atoms with Gasteiger partial charge in [-0.05, 0) is 17.7 Å². The first-order chi connectivity index (χ1) is 12.7. The van der Waals surface area contributed by atoms with Crippen LogP contribution in [-0.4, -0.2) is 29.5 Å². The minimum absolute atomic E-state index is 0.0676. The van der Waals surface area contributed by atoms with Crippen LogP contribution < -0.4 is 5.32 Å². The largest absolute Gasteiger partial charge is 0.341 e. The van der Waals surface area contributed by atoms with Gasteiger partial charge in [-0.3, -0.25) is 9.59 Å². The van der Waals surface area contributed by atoms with Gasteiger partial charge in [-0.2, -0.15) is 10.5 Å². The predicted octanol–water partition coefficient (Wildman–Crippen LogP) is 3.06. The monoisotopic (exact) mass is 402 g/mol. The number of carbonyl (C=O) groups excluding carboxylic acids is 2. The van der Waals surface area contributed by atoms with Gasteiger partial charge in [-0.25, -0.2) is 0 Å². The standard InChI is InChI=1S/C19H19ClN4O2S/c1-19(2)14(8-21)17(26)23-18(15(19)9-22)27-11-16(25)24(3)10-12-4-6-13(20)7-5-12/h4-7,14H,10-11H2,1-3H3,(H,23,26)/t14-/m1/s1. The molecular weight excluding hydrogens is 384 g/mol. The highest BCUT2D eigenvalue weighted by Gasteiger charge is 2.44. The number of nitriles is 2. The lowest BCUT2D eigenvalue weighted by molar-refractivity contribution is -0.128. The lowest BCUT2D eigenvalue weighted by atomic mass is 9.72. The molecule has 140 valence electrons. The van der Waals surface area contributed by atoms with Gasteiger partial charge in [0.1, 0.15) is 5.92 Å². The smallest absolute Gasteiger partial charge is 0.243 e. The molecule has 1 heterocycles. The fourth-order valence-electron chi connectivity index (χ4n) is 2.73. The van der Waals surface area contributed by atoms with Crippen molar-refractivity contribution >= 4 is 35.2 Å². The van der Waals surface area contributed by atoms with Crippen LogP contribution in [0.3, 0.4) is 0 Å². The zero-order chi connectivity index (χ0) is 20.2. The Hall–Kier alpha value is -2.48. The van der Waals surface area contributed by atoms with Gasteiger partial charge >= 0.3 is 0 Å². The van der Waals surface area contributed by atoms with E-state index in [2.05, 4.69) is 11.4 Å². The first-order valence-electron chi connectivity index (χ1n) is 8.17. The molecule has 0 saturated carbocycles. The maximum atomic E-state index is 12.4. The number of nitrogens with one attached hydrogen (secondary N) is 1. The van der Waals surface area contributed by atoms with E-state index in [0.29, 0.717) is 22.2 Å². The highest BCUT2D eigenvalue weighted by atomic mass is 35.5. The van der Waals surface area contributed by atoms with E-state index in [1.807, 2.05) is 18.2 Å². The van der Waals surface area contributed by atoms with Crippen LogP contribution in [0.15, 0.2) is 34.9 Å². The summed E-state index contributed by atoms with van der Waals surface area (Å²) in [5.74, 6) is -1.47. The van der Waals surface area contributed by atoms with Crippen molar-refractivity contribution in [2.75, 3.05) is 12.8 Å². The Bertz CT molecular complexity index is 865. The molecule has 1 atom stereocenters. The lowest BCUT2D eigenvalue weighted by Crippen LogP contribution is -2.44. The van der Waals surface area contributed by atoms with E-state index in [-0.39, 0.29) is 11.7 Å². The number of benzene rings is 1. The van der Waals surface area contributed by atoms with Crippen LogP contribution in [0.2, 0.25) is 5.02 Å². The van der Waals surface area contributed by atoms with Gasteiger partial charge in [-0.15, -0.1) is 0 Å². The maximum Gasteiger partial charge on any atom is 0.243 e. The second kappa shape index (κ2) is 8.47. The summed E-state index contributed by atoms with van der Waals surface area (Å²) in [6.07, 6.45) is 0. The van der Waals surface area contributed by atoms with Crippen molar-refractivity contribution in [1.29, 1.82) is 10.5 Å². The van der Waals surface area contributed by atoms with Gasteiger partial charge in [0.15, 0.2) is 0 Å². The minimum atomic E-state index is -0.945. The van der Waals surface area contributed by atoms with E-state index in [1.165, 1.54) is 0 Å². The molecule has 6 nitrogen and oxygen atoms in total. The van der Waals surface area contributed by atoms with E-state index in [0.717, 1.165) is 17.3 Å². The Balaban J connectivity index is 2.07. The average Bonchev–Trinajstić information content (AvgIpc) is 2.61. The minimum Gasteiger partial charge on any atom is -0.341 e. The van der Waals surface area contributed by atoms with Crippen LogP contribution in [0.4, 0.5) is 0 Å². The number of halogens is 1. The van der Waals surface area contributed by atoms with Crippen LogP contribution in [-0.2, 0) is 16.1 Å². The first-order valence-corrected chi connectivity index (χ1v) is 9.53. The molecule has 1 aromatic carbocycles. The van der Waals surface area contributed by atoms with Gasteiger partial charge in [0.2, 0.25) is 11.8 Å². The summed E-state index contributed by atoms with van der Waals surface area (Å²) in [6.45, 7) is 3.80. The average molecular weight is 403 g/mol. The number of hydrogen-bond acceptors (Lipinski definition) is 5. The van der Waals surface area contributed by atoms with Crippen molar-refractivity contribution in [3.05, 3.63) is 45.5 Å². The summed E-state index contributed by atoms with van der Waals surface area (Å²) in [7, 11) is 1.69. The topological polar surface area (TPSA) is 97.0 Å². The second-order valence-corrected chi connectivity index (χ2v) is 8.18. The van der Waals surface area contributed by atoms with Crippen LogP contribution in [0.25, 0.3) is 0 Å². The zero-order valence-corrected chi connectivity index (χ0v) is 16.8. The molecule has 0 aromatic heterocycles. The van der Waals surface area contributed by atoms with E-state index >= 15 is 0 Å². The number of nitrogens with zero attached hydrogens (tertiary/aromatic N) is 3. The number of amides is 2. The summed E-state index contributed by atoms with van der Waals surface area (Å²) in [5, 5.41) is 22.3. The number of thioether (sulfide) groups is 1. The Morgan fingerprint density at radius 2 is 1.96 bits per heavy atom. The molecule has 0 unspecified atom stereocenters. The zero-order valence-electron chi connectivity index (χ0n) is 15.2. The van der Waals surface area contributed by atoms with Crippen molar-refractivity contribution in [2.24, 2.45) is 11.3 Å². The summed E-state index contributed by atoms with van der Waals surface area (Å²) < 4.78 is 0. The Kier molecular flexibility index (Phi) is 6.54. The van der Waals surface area contributed by atoms with Crippen LogP contribution in [0.5, 0.6) is 0 Å². The van der Waals surface area contributed by atoms with Crippen molar-refractivity contribution in [3.63, 3.8) is 0 Å². The van der Waals surface area contributed by atoms with Gasteiger partial charge < -0.3 is 10.2 Å². The van der Waals surface area contributed by atoms with Gasteiger partial charge in [-0.1, -0.05) is 49.3 Å². The van der Waals surface area contributed by atoms with Crippen molar-refractivity contribution in [2.45, 2.75) is 20.4 Å². The second-order valence-electron chi connectivity index (χ2n) is 6.75. The molecule has 1 aromatic rings. The summed E-state index contributed by atoms with van der Waals surface area (Å²) in [5.41, 5.74) is 0.347. The van der Waals surface area contributed by atoms with E-state index in [1.54, 1.807) is 37.9 Å². The van der Waals surface area contributed by atoms with Gasteiger partial charge in [0.25, 0.3) is 0 Å². The predicted molar refractivity (Wildman–Crippen MR) is 104 cm³/mol. The summed E-state index contributed by atoms with van der Waals surface area (Å²) in [6, 6.07) is 11.3. The molecule has 1 aliphatic heterocycles. The van der Waals surface area contributed by atoms with Gasteiger partial charge in [0, 0.05) is 24.0 Å². The molecular formula is C19H19ClN4O2S. The number of rotatable bonds is 5. The summed E-state index contributed by atoms with van der Waals surface area (Å²) in [4.78, 5) is 26.2. The molecule has 2 amide bonds. The van der Waals surface area contributed by atoms with Crippen LogP contribution in [0, 0.1) is 34.0 Å². The quantitative estimate of drug-likeness (QED) is 0.816. The first kappa shape index (κ1) is 20.8. The Morgan fingerprint density at radius 1 is 1.33 bits per heavy atom.